The van der Waals surface area contributed by atoms with Crippen LogP contribution in [0, 0.1) is 0 Å². The van der Waals surface area contributed by atoms with Crippen LogP contribution in [0.1, 0.15) is 18.7 Å². The van der Waals surface area contributed by atoms with Crippen LogP contribution in [0.25, 0.3) is 5.69 Å². The van der Waals surface area contributed by atoms with Gasteiger partial charge in [-0.1, -0.05) is 0 Å². The Morgan fingerprint density at radius 2 is 1.88 bits per heavy atom. The second-order valence-electron chi connectivity index (χ2n) is 3.65. The zero-order valence-corrected chi connectivity index (χ0v) is 8.83. The fourth-order valence-electron chi connectivity index (χ4n) is 1.44. The van der Waals surface area contributed by atoms with Crippen molar-refractivity contribution in [3.05, 3.63) is 36.2 Å². The number of aromatic nitrogens is 2. The number of nitrogens with zero attached hydrogens (tertiary/aromatic N) is 2. The zero-order valence-electron chi connectivity index (χ0n) is 8.83. The molecule has 16 heavy (non-hydrogen) atoms. The van der Waals surface area contributed by atoms with E-state index in [4.69, 9.17) is 10.8 Å². The van der Waals surface area contributed by atoms with Crippen LogP contribution < -0.4 is 5.73 Å². The molecule has 2 rings (SSSR count). The van der Waals surface area contributed by atoms with E-state index in [-0.39, 0.29) is 17.5 Å². The highest BCUT2D eigenvalue weighted by molar-refractivity contribution is 5.38. The Hall–Kier alpha value is -2.01. The molecule has 4 N–H and O–H groups in total. The minimum absolute atomic E-state index is 0.0723. The van der Waals surface area contributed by atoms with Crippen molar-refractivity contribution in [1.29, 1.82) is 0 Å². The predicted molar refractivity (Wildman–Crippen MR) is 59.5 cm³/mol. The van der Waals surface area contributed by atoms with Gasteiger partial charge in [0.1, 0.15) is 11.4 Å². The van der Waals surface area contributed by atoms with E-state index in [0.717, 1.165) is 5.69 Å². The topological polar surface area (TPSA) is 84.3 Å². The highest BCUT2D eigenvalue weighted by Crippen LogP contribution is 2.23. The summed E-state index contributed by atoms with van der Waals surface area (Å²) >= 11 is 0. The van der Waals surface area contributed by atoms with E-state index in [1.807, 2.05) is 0 Å². The zero-order chi connectivity index (χ0) is 11.7. The number of phenolic OH excluding ortho intramolecular Hbond substituents is 1. The van der Waals surface area contributed by atoms with E-state index in [1.165, 1.54) is 10.9 Å². The number of nitrogens with two attached hydrogens (primary N) is 1. The van der Waals surface area contributed by atoms with Gasteiger partial charge in [-0.05, 0) is 31.2 Å². The molecule has 0 spiro atoms. The summed E-state index contributed by atoms with van der Waals surface area (Å²) < 4.78 is 1.52. The molecule has 1 aromatic carbocycles. The largest absolute Gasteiger partial charge is 0.508 e. The Kier molecular flexibility index (Phi) is 2.54. The van der Waals surface area contributed by atoms with Crippen molar-refractivity contribution in [3.63, 3.8) is 0 Å². The van der Waals surface area contributed by atoms with Gasteiger partial charge in [0.2, 0.25) is 0 Å². The lowest BCUT2D eigenvalue weighted by Gasteiger charge is -2.01. The van der Waals surface area contributed by atoms with Gasteiger partial charge in [-0.3, -0.25) is 0 Å². The third-order valence-corrected chi connectivity index (χ3v) is 2.27. The molecule has 84 valence electrons. The fraction of sp³-hybridized carbons (Fsp3) is 0.182. The average Bonchev–Trinajstić information content (AvgIpc) is 2.61. The molecule has 0 radical (unpaired) electrons. The lowest BCUT2D eigenvalue weighted by atomic mass is 10.2. The quantitative estimate of drug-likeness (QED) is 0.710. The van der Waals surface area contributed by atoms with Crippen molar-refractivity contribution >= 4 is 0 Å². The molecule has 1 aromatic heterocycles. The Bertz CT molecular complexity index is 488. The van der Waals surface area contributed by atoms with Crippen molar-refractivity contribution in [3.8, 4) is 17.2 Å². The molecule has 0 bridgehead atoms. The molecule has 0 aliphatic heterocycles. The molecule has 1 unspecified atom stereocenters. The lowest BCUT2D eigenvalue weighted by Crippen LogP contribution is -2.07. The van der Waals surface area contributed by atoms with Crippen LogP contribution in [-0.4, -0.2) is 20.0 Å². The summed E-state index contributed by atoms with van der Waals surface area (Å²) in [5.74, 6) is 0.260. The maximum absolute atomic E-state index is 9.60. The maximum atomic E-state index is 9.60. The second kappa shape index (κ2) is 3.86. The third-order valence-electron chi connectivity index (χ3n) is 2.27. The number of aromatic hydroxyl groups is 2. The van der Waals surface area contributed by atoms with Crippen LogP contribution in [0.5, 0.6) is 11.5 Å². The van der Waals surface area contributed by atoms with Crippen molar-refractivity contribution < 1.29 is 10.2 Å². The molecule has 0 saturated heterocycles. The van der Waals surface area contributed by atoms with E-state index in [9.17, 15) is 5.11 Å². The van der Waals surface area contributed by atoms with E-state index in [0.29, 0.717) is 5.69 Å². The molecular formula is C11H13N3O2. The number of hydrogen-bond acceptors (Lipinski definition) is 4. The first-order valence-corrected chi connectivity index (χ1v) is 4.91. The smallest absolute Gasteiger partial charge is 0.158 e. The monoisotopic (exact) mass is 219 g/mol. The van der Waals surface area contributed by atoms with E-state index >= 15 is 0 Å². The van der Waals surface area contributed by atoms with Crippen LogP contribution in [0.3, 0.4) is 0 Å². The minimum atomic E-state index is -0.321. The van der Waals surface area contributed by atoms with Crippen molar-refractivity contribution in [2.75, 3.05) is 0 Å². The normalized spacial score (nSPS) is 12.6. The van der Waals surface area contributed by atoms with Crippen LogP contribution in [0.4, 0.5) is 0 Å². The van der Waals surface area contributed by atoms with Gasteiger partial charge in [-0.25, -0.2) is 4.68 Å². The van der Waals surface area contributed by atoms with E-state index in [2.05, 4.69) is 5.10 Å². The first-order chi connectivity index (χ1) is 7.58. The first kappa shape index (κ1) is 10.5. The number of hydrogen-bond donors (Lipinski definition) is 3. The summed E-state index contributed by atoms with van der Waals surface area (Å²) in [6.45, 7) is 1.75. The summed E-state index contributed by atoms with van der Waals surface area (Å²) in [5.41, 5.74) is 6.86. The molecule has 1 heterocycles. The van der Waals surface area contributed by atoms with Crippen LogP contribution in [0.15, 0.2) is 30.5 Å². The average molecular weight is 219 g/mol. The predicted octanol–water partition coefficient (Wildman–Crippen LogP) is 1.30. The summed E-state index contributed by atoms with van der Waals surface area (Å²) in [7, 11) is 0. The van der Waals surface area contributed by atoms with Gasteiger partial charge < -0.3 is 15.9 Å². The standard InChI is InChI=1S/C11H13N3O2/c1-7(12)11-10(16)6-14(13-11)8-2-4-9(15)5-3-8/h2-7,15-16H,12H2,1H3. The molecule has 2 aromatic rings. The van der Waals surface area contributed by atoms with Crippen LogP contribution in [-0.2, 0) is 0 Å². The van der Waals surface area contributed by atoms with Gasteiger partial charge in [0.25, 0.3) is 0 Å². The molecule has 0 amide bonds. The van der Waals surface area contributed by atoms with Crippen LogP contribution >= 0.6 is 0 Å². The summed E-state index contributed by atoms with van der Waals surface area (Å²) in [6.07, 6.45) is 1.49. The van der Waals surface area contributed by atoms with Gasteiger partial charge in [-0.15, -0.1) is 0 Å². The summed E-state index contributed by atoms with van der Waals surface area (Å²) in [4.78, 5) is 0. The van der Waals surface area contributed by atoms with Gasteiger partial charge >= 0.3 is 0 Å². The highest BCUT2D eigenvalue weighted by Gasteiger charge is 2.12. The summed E-state index contributed by atoms with van der Waals surface area (Å²) in [5, 5.41) is 22.9. The van der Waals surface area contributed by atoms with E-state index < -0.39 is 0 Å². The molecule has 5 nitrogen and oxygen atoms in total. The van der Waals surface area contributed by atoms with Gasteiger partial charge in [0.15, 0.2) is 5.75 Å². The molecule has 5 heteroatoms. The lowest BCUT2D eigenvalue weighted by molar-refractivity contribution is 0.463. The number of benzene rings is 1. The second-order valence-corrected chi connectivity index (χ2v) is 3.65. The Morgan fingerprint density at radius 3 is 2.38 bits per heavy atom. The van der Waals surface area contributed by atoms with Gasteiger partial charge in [0.05, 0.1) is 11.9 Å². The maximum Gasteiger partial charge on any atom is 0.158 e. The number of phenols is 1. The molecule has 0 fully saturated rings. The Morgan fingerprint density at radius 1 is 1.25 bits per heavy atom. The Balaban J connectivity index is 2.41. The van der Waals surface area contributed by atoms with Crippen molar-refractivity contribution in [2.24, 2.45) is 5.73 Å². The first-order valence-electron chi connectivity index (χ1n) is 4.91. The molecule has 0 saturated carbocycles. The minimum Gasteiger partial charge on any atom is -0.508 e. The van der Waals surface area contributed by atoms with Crippen LogP contribution in [0.2, 0.25) is 0 Å². The molecule has 0 aliphatic rings. The van der Waals surface area contributed by atoms with Gasteiger partial charge in [-0.2, -0.15) is 5.10 Å². The van der Waals surface area contributed by atoms with Crippen molar-refractivity contribution in [1.82, 2.24) is 9.78 Å². The summed E-state index contributed by atoms with van der Waals surface area (Å²) in [6, 6.07) is 6.19. The van der Waals surface area contributed by atoms with E-state index in [1.54, 1.807) is 31.2 Å². The number of rotatable bonds is 2. The fourth-order valence-corrected chi connectivity index (χ4v) is 1.44. The van der Waals surface area contributed by atoms with Crippen molar-refractivity contribution in [2.45, 2.75) is 13.0 Å². The Labute approximate surface area is 92.8 Å². The molecule has 0 aliphatic carbocycles. The SMILES string of the molecule is CC(N)c1nn(-c2ccc(O)cc2)cc1O. The molecular weight excluding hydrogens is 206 g/mol. The highest BCUT2D eigenvalue weighted by atomic mass is 16.3. The van der Waals surface area contributed by atoms with Gasteiger partial charge in [0, 0.05) is 6.04 Å². The third kappa shape index (κ3) is 1.85. The molecule has 1 atom stereocenters.